The molecule has 5 rings (SSSR count). The fourth-order valence-corrected chi connectivity index (χ4v) is 6.54. The third kappa shape index (κ3) is 5.29. The van der Waals surface area contributed by atoms with Crippen LogP contribution in [0.3, 0.4) is 0 Å². The highest BCUT2D eigenvalue weighted by molar-refractivity contribution is 5.99. The van der Waals surface area contributed by atoms with E-state index < -0.39 is 5.97 Å². The first-order valence-electron chi connectivity index (χ1n) is 14.0. The zero-order valence-electron chi connectivity index (χ0n) is 22.2. The van der Waals surface area contributed by atoms with Crippen molar-refractivity contribution >= 4 is 22.6 Å². The molecule has 2 aromatic carbocycles. The van der Waals surface area contributed by atoms with Crippen molar-refractivity contribution < 1.29 is 9.90 Å². The van der Waals surface area contributed by atoms with E-state index >= 15 is 0 Å². The molecule has 1 saturated carbocycles. The van der Waals surface area contributed by atoms with Crippen LogP contribution in [-0.2, 0) is 6.54 Å². The molecule has 1 aliphatic heterocycles. The van der Waals surface area contributed by atoms with E-state index in [9.17, 15) is 9.90 Å². The van der Waals surface area contributed by atoms with Crippen molar-refractivity contribution in [2.45, 2.75) is 79.2 Å². The Kier molecular flexibility index (Phi) is 8.63. The second-order valence-electron chi connectivity index (χ2n) is 10.7. The second-order valence-corrected chi connectivity index (χ2v) is 10.7. The number of rotatable bonds is 8. The summed E-state index contributed by atoms with van der Waals surface area (Å²) in [5, 5.41) is 11.0. The molecule has 2 aliphatic rings. The van der Waals surface area contributed by atoms with E-state index in [0.717, 1.165) is 51.2 Å². The summed E-state index contributed by atoms with van der Waals surface area (Å²) < 4.78 is 2.45. The van der Waals surface area contributed by atoms with E-state index in [1.807, 2.05) is 6.07 Å². The number of aromatic nitrogens is 1. The summed E-state index contributed by atoms with van der Waals surface area (Å²) in [4.78, 5) is 17.0. The number of hydrogen-bond donors (Lipinski definition) is 1. The van der Waals surface area contributed by atoms with E-state index in [1.54, 1.807) is 6.07 Å². The summed E-state index contributed by atoms with van der Waals surface area (Å²) in [6, 6.07) is 12.7. The van der Waals surface area contributed by atoms with Crippen molar-refractivity contribution in [1.82, 2.24) is 9.47 Å². The maximum Gasteiger partial charge on any atom is 0.335 e. The molecule has 200 valence electrons. The molecule has 5 nitrogen and oxygen atoms in total. The van der Waals surface area contributed by atoms with Gasteiger partial charge in [0.1, 0.15) is 0 Å². The van der Waals surface area contributed by atoms with E-state index in [0.29, 0.717) is 11.5 Å². The van der Waals surface area contributed by atoms with Gasteiger partial charge in [0, 0.05) is 41.8 Å². The third-order valence-corrected chi connectivity index (χ3v) is 8.50. The normalized spacial score (nSPS) is 15.8. The maximum absolute atomic E-state index is 11.9. The summed E-state index contributed by atoms with van der Waals surface area (Å²) in [6.45, 7) is 12.8. The van der Waals surface area contributed by atoms with Crippen LogP contribution >= 0.6 is 0 Å². The molecule has 1 fully saturated rings. The molecule has 3 aromatic rings. The van der Waals surface area contributed by atoms with E-state index in [4.69, 9.17) is 0 Å². The molecule has 0 spiro atoms. The van der Waals surface area contributed by atoms with Gasteiger partial charge in [0.05, 0.1) is 11.3 Å². The highest BCUT2D eigenvalue weighted by atomic mass is 16.4. The van der Waals surface area contributed by atoms with Crippen molar-refractivity contribution in [2.75, 3.05) is 37.6 Å². The zero-order valence-corrected chi connectivity index (χ0v) is 22.2. The van der Waals surface area contributed by atoms with Gasteiger partial charge in [-0.3, -0.25) is 0 Å². The first-order valence-corrected chi connectivity index (χ1v) is 14.0. The number of benzene rings is 2. The zero-order chi connectivity index (χ0) is 25.2. The van der Waals surface area contributed by atoms with E-state index in [2.05, 4.69) is 59.4 Å². The van der Waals surface area contributed by atoms with Crippen LogP contribution in [0.1, 0.15) is 87.2 Å². The predicted molar refractivity (Wildman–Crippen MR) is 156 cm³/mol. The standard InChI is InChI=1S/C31H41N3O2.CH4/c1-4-32(5-2)16-9-17-33-18-19-34-28-21-24(31(35)36)13-15-25(28)29(23-10-7-6-8-11-23)30(34)26-14-12-22(3)20-27(26)33;/h12-15,20-21,23H,4-11,16-19H2,1-3H3,(H,35,36);1H4. The summed E-state index contributed by atoms with van der Waals surface area (Å²) in [6.07, 6.45) is 7.47. The first kappa shape index (κ1) is 27.3. The number of carboxylic acid groups (broad SMARTS) is 1. The van der Waals surface area contributed by atoms with Gasteiger partial charge in [0.2, 0.25) is 0 Å². The average Bonchev–Trinajstić information content (AvgIpc) is 3.13. The monoisotopic (exact) mass is 503 g/mol. The van der Waals surface area contributed by atoms with Crippen LogP contribution in [0.25, 0.3) is 22.2 Å². The number of carboxylic acids is 1. The highest BCUT2D eigenvalue weighted by Crippen LogP contribution is 2.47. The first-order chi connectivity index (χ1) is 17.5. The average molecular weight is 504 g/mol. The summed E-state index contributed by atoms with van der Waals surface area (Å²) in [5.74, 6) is -0.314. The van der Waals surface area contributed by atoms with Gasteiger partial charge >= 0.3 is 5.97 Å². The van der Waals surface area contributed by atoms with Gasteiger partial charge in [-0.05, 0) is 81.1 Å². The number of aromatic carboxylic acids is 1. The fraction of sp³-hybridized carbons (Fsp3) is 0.531. The number of anilines is 1. The van der Waals surface area contributed by atoms with Crippen molar-refractivity contribution in [3.63, 3.8) is 0 Å². The quantitative estimate of drug-likeness (QED) is 0.345. The van der Waals surface area contributed by atoms with Crippen LogP contribution in [-0.4, -0.2) is 53.3 Å². The fourth-order valence-electron chi connectivity index (χ4n) is 6.54. The summed E-state index contributed by atoms with van der Waals surface area (Å²) >= 11 is 0. The minimum Gasteiger partial charge on any atom is -0.478 e. The van der Waals surface area contributed by atoms with Gasteiger partial charge in [-0.1, -0.05) is 58.7 Å². The van der Waals surface area contributed by atoms with Gasteiger partial charge < -0.3 is 19.5 Å². The highest BCUT2D eigenvalue weighted by Gasteiger charge is 2.30. The van der Waals surface area contributed by atoms with E-state index in [-0.39, 0.29) is 7.43 Å². The molecule has 0 saturated heterocycles. The van der Waals surface area contributed by atoms with Crippen LogP contribution in [0, 0.1) is 6.92 Å². The lowest BCUT2D eigenvalue weighted by molar-refractivity contribution is 0.0697. The molecule has 0 bridgehead atoms. The van der Waals surface area contributed by atoms with Crippen LogP contribution in [0.2, 0.25) is 0 Å². The van der Waals surface area contributed by atoms with Gasteiger partial charge in [0.15, 0.2) is 0 Å². The largest absolute Gasteiger partial charge is 0.478 e. The van der Waals surface area contributed by atoms with E-state index in [1.165, 1.54) is 65.6 Å². The number of aryl methyl sites for hydroxylation is 1. The van der Waals surface area contributed by atoms with Crippen molar-refractivity contribution in [1.29, 1.82) is 0 Å². The molecule has 0 unspecified atom stereocenters. The van der Waals surface area contributed by atoms with Crippen LogP contribution < -0.4 is 4.90 Å². The van der Waals surface area contributed by atoms with Gasteiger partial charge in [0.25, 0.3) is 0 Å². The van der Waals surface area contributed by atoms with Gasteiger partial charge in [-0.25, -0.2) is 4.79 Å². The van der Waals surface area contributed by atoms with Crippen LogP contribution in [0.15, 0.2) is 36.4 Å². The summed E-state index contributed by atoms with van der Waals surface area (Å²) in [5.41, 5.74) is 8.20. The van der Waals surface area contributed by atoms with Crippen LogP contribution in [0.5, 0.6) is 0 Å². The lowest BCUT2D eigenvalue weighted by atomic mass is 9.81. The smallest absolute Gasteiger partial charge is 0.335 e. The molecule has 0 amide bonds. The van der Waals surface area contributed by atoms with Gasteiger partial charge in [-0.2, -0.15) is 0 Å². The van der Waals surface area contributed by atoms with Gasteiger partial charge in [-0.15, -0.1) is 0 Å². The minimum atomic E-state index is -0.852. The Morgan fingerprint density at radius 2 is 1.78 bits per heavy atom. The molecule has 1 aromatic heterocycles. The summed E-state index contributed by atoms with van der Waals surface area (Å²) in [7, 11) is 0. The van der Waals surface area contributed by atoms with Crippen molar-refractivity contribution in [3.05, 3.63) is 53.1 Å². The number of hydrogen-bond acceptors (Lipinski definition) is 3. The Labute approximate surface area is 223 Å². The molecular weight excluding hydrogens is 458 g/mol. The topological polar surface area (TPSA) is 48.7 Å². The molecule has 0 atom stereocenters. The predicted octanol–water partition coefficient (Wildman–Crippen LogP) is 7.55. The number of nitrogens with zero attached hydrogens (tertiary/aromatic N) is 3. The lowest BCUT2D eigenvalue weighted by Crippen LogP contribution is -2.31. The maximum atomic E-state index is 11.9. The Balaban J connectivity index is 0.00000320. The lowest BCUT2D eigenvalue weighted by Gasteiger charge is -2.27. The van der Waals surface area contributed by atoms with Crippen molar-refractivity contribution in [3.8, 4) is 11.3 Å². The molecule has 0 radical (unpaired) electrons. The Morgan fingerprint density at radius 1 is 1.03 bits per heavy atom. The second kappa shape index (κ2) is 11.7. The SMILES string of the molecule is C.CCN(CC)CCCN1CCn2c(c(C3CCCCC3)c3ccc(C(=O)O)cc32)-c2ccc(C)cc21. The molecule has 37 heavy (non-hydrogen) atoms. The minimum absolute atomic E-state index is 0. The molecule has 2 heterocycles. The van der Waals surface area contributed by atoms with Crippen LogP contribution in [0.4, 0.5) is 5.69 Å². The number of carbonyl (C=O) groups is 1. The Morgan fingerprint density at radius 3 is 2.49 bits per heavy atom. The van der Waals surface area contributed by atoms with Crippen molar-refractivity contribution in [2.24, 2.45) is 0 Å². The third-order valence-electron chi connectivity index (χ3n) is 8.50. The number of fused-ring (bicyclic) bond motifs is 5. The molecular formula is C32H45N3O2. The molecule has 1 aliphatic carbocycles. The Bertz CT molecular complexity index is 1230. The molecule has 1 N–H and O–H groups in total. The molecule has 5 heteroatoms. The Hall–Kier alpha value is -2.79.